The zero-order valence-corrected chi connectivity index (χ0v) is 8.42. The Kier molecular flexibility index (Phi) is 2.98. The molecular weight excluding hydrogens is 180 g/mol. The average molecular weight is 196 g/mol. The van der Waals surface area contributed by atoms with Crippen molar-refractivity contribution >= 4 is 6.01 Å². The van der Waals surface area contributed by atoms with E-state index in [1.54, 1.807) is 0 Å². The van der Waals surface area contributed by atoms with Gasteiger partial charge in [-0.25, -0.2) is 0 Å². The van der Waals surface area contributed by atoms with Crippen LogP contribution in [0.1, 0.15) is 25.2 Å². The van der Waals surface area contributed by atoms with Crippen LogP contribution >= 0.6 is 0 Å². The van der Waals surface area contributed by atoms with Gasteiger partial charge in [-0.2, -0.15) is 0 Å². The first-order chi connectivity index (χ1) is 6.88. The third-order valence-electron chi connectivity index (χ3n) is 2.32. The number of anilines is 1. The largest absolute Gasteiger partial charge is 0.407 e. The Hall–Kier alpha value is -1.10. The highest BCUT2D eigenvalue weighted by Gasteiger charge is 2.20. The minimum Gasteiger partial charge on any atom is -0.407 e. The van der Waals surface area contributed by atoms with Gasteiger partial charge >= 0.3 is 6.01 Å². The molecule has 78 valence electrons. The Bertz CT molecular complexity index is 282. The lowest BCUT2D eigenvalue weighted by molar-refractivity contribution is 0.488. The van der Waals surface area contributed by atoms with E-state index in [1.165, 1.54) is 19.3 Å². The fourth-order valence-electron chi connectivity index (χ4n) is 1.34. The van der Waals surface area contributed by atoms with E-state index in [2.05, 4.69) is 20.8 Å². The van der Waals surface area contributed by atoms with E-state index in [-0.39, 0.29) is 0 Å². The fourth-order valence-corrected chi connectivity index (χ4v) is 1.34. The predicted octanol–water partition coefficient (Wildman–Crippen LogP) is 1.00. The predicted molar refractivity (Wildman–Crippen MR) is 52.9 cm³/mol. The highest BCUT2D eigenvalue weighted by Crippen LogP contribution is 2.31. The van der Waals surface area contributed by atoms with E-state index in [4.69, 9.17) is 4.42 Å². The molecule has 0 unspecified atom stereocenters. The zero-order valence-electron chi connectivity index (χ0n) is 8.42. The molecule has 2 N–H and O–H groups in total. The highest BCUT2D eigenvalue weighted by atomic mass is 16.4. The van der Waals surface area contributed by atoms with Gasteiger partial charge in [-0.1, -0.05) is 17.9 Å². The van der Waals surface area contributed by atoms with E-state index in [0.29, 0.717) is 18.5 Å². The van der Waals surface area contributed by atoms with Crippen LogP contribution in [0.5, 0.6) is 0 Å². The quantitative estimate of drug-likeness (QED) is 0.710. The second kappa shape index (κ2) is 4.41. The number of aromatic nitrogens is 2. The van der Waals surface area contributed by atoms with Crippen LogP contribution in [0, 0.1) is 5.92 Å². The molecule has 5 heteroatoms. The molecule has 1 saturated carbocycles. The van der Waals surface area contributed by atoms with E-state index in [1.807, 2.05) is 7.05 Å². The Morgan fingerprint density at radius 3 is 3.00 bits per heavy atom. The summed E-state index contributed by atoms with van der Waals surface area (Å²) < 4.78 is 5.33. The lowest BCUT2D eigenvalue weighted by atomic mass is 10.3. The number of nitrogens with one attached hydrogen (secondary N) is 2. The highest BCUT2D eigenvalue weighted by molar-refractivity contribution is 5.16. The van der Waals surface area contributed by atoms with Crippen LogP contribution in [0.4, 0.5) is 6.01 Å². The van der Waals surface area contributed by atoms with Gasteiger partial charge in [-0.05, 0) is 19.4 Å². The SMILES string of the molecule is CNCc1nnc(NCCC2CC2)o1. The standard InChI is InChI=1S/C9H16N4O/c1-10-6-8-12-13-9(14-8)11-5-4-7-2-3-7/h7,10H,2-6H2,1H3,(H,11,13). The summed E-state index contributed by atoms with van der Waals surface area (Å²) in [5, 5.41) is 13.8. The van der Waals surface area contributed by atoms with E-state index in [0.717, 1.165) is 12.5 Å². The summed E-state index contributed by atoms with van der Waals surface area (Å²) in [6, 6.07) is 0.538. The Morgan fingerprint density at radius 2 is 2.29 bits per heavy atom. The van der Waals surface area contributed by atoms with Gasteiger partial charge in [0.2, 0.25) is 5.89 Å². The molecule has 0 saturated heterocycles. The molecule has 1 aromatic rings. The summed E-state index contributed by atoms with van der Waals surface area (Å²) in [5.41, 5.74) is 0. The van der Waals surface area contributed by atoms with Crippen molar-refractivity contribution in [1.29, 1.82) is 0 Å². The molecule has 1 aromatic heterocycles. The van der Waals surface area contributed by atoms with Gasteiger partial charge < -0.3 is 15.1 Å². The molecule has 0 aromatic carbocycles. The maximum Gasteiger partial charge on any atom is 0.315 e. The minimum atomic E-state index is 0.538. The topological polar surface area (TPSA) is 63.0 Å². The molecule has 0 amide bonds. The van der Waals surface area contributed by atoms with Crippen LogP contribution < -0.4 is 10.6 Å². The lowest BCUT2D eigenvalue weighted by Gasteiger charge is -1.98. The van der Waals surface area contributed by atoms with Crippen LogP contribution in [0.25, 0.3) is 0 Å². The van der Waals surface area contributed by atoms with Crippen LogP contribution in [-0.4, -0.2) is 23.8 Å². The van der Waals surface area contributed by atoms with Crippen LogP contribution in [0.2, 0.25) is 0 Å². The second-order valence-electron chi connectivity index (χ2n) is 3.69. The summed E-state index contributed by atoms with van der Waals surface area (Å²) in [7, 11) is 1.85. The molecule has 0 spiro atoms. The molecule has 0 atom stereocenters. The van der Waals surface area contributed by atoms with Crippen LogP contribution in [-0.2, 0) is 6.54 Å². The zero-order chi connectivity index (χ0) is 9.80. The summed E-state index contributed by atoms with van der Waals surface area (Å²) >= 11 is 0. The van der Waals surface area contributed by atoms with Gasteiger partial charge in [-0.15, -0.1) is 5.10 Å². The summed E-state index contributed by atoms with van der Waals surface area (Å²) in [6.07, 6.45) is 3.98. The van der Waals surface area contributed by atoms with Crippen molar-refractivity contribution in [3.63, 3.8) is 0 Å². The third kappa shape index (κ3) is 2.70. The molecule has 0 bridgehead atoms. The normalized spacial score (nSPS) is 15.8. The average Bonchev–Trinajstić information content (AvgIpc) is 2.88. The van der Waals surface area contributed by atoms with Crippen LogP contribution in [0.3, 0.4) is 0 Å². The van der Waals surface area contributed by atoms with Gasteiger partial charge in [0.15, 0.2) is 0 Å². The van der Waals surface area contributed by atoms with E-state index < -0.39 is 0 Å². The van der Waals surface area contributed by atoms with Crippen molar-refractivity contribution in [2.75, 3.05) is 18.9 Å². The molecule has 5 nitrogen and oxygen atoms in total. The lowest BCUT2D eigenvalue weighted by Crippen LogP contribution is -2.05. The van der Waals surface area contributed by atoms with E-state index >= 15 is 0 Å². The van der Waals surface area contributed by atoms with Gasteiger partial charge in [0, 0.05) is 6.54 Å². The second-order valence-corrected chi connectivity index (χ2v) is 3.69. The Labute approximate surface area is 83.3 Å². The van der Waals surface area contributed by atoms with E-state index in [9.17, 15) is 0 Å². The first kappa shape index (κ1) is 9.45. The van der Waals surface area contributed by atoms with Crippen molar-refractivity contribution in [2.24, 2.45) is 5.92 Å². The molecule has 1 heterocycles. The summed E-state index contributed by atoms with van der Waals surface area (Å²) in [6.45, 7) is 1.56. The van der Waals surface area contributed by atoms with Crippen molar-refractivity contribution < 1.29 is 4.42 Å². The molecule has 1 aliphatic rings. The van der Waals surface area contributed by atoms with Gasteiger partial charge in [0.05, 0.1) is 6.54 Å². The van der Waals surface area contributed by atoms with Crippen LogP contribution in [0.15, 0.2) is 4.42 Å². The maximum absolute atomic E-state index is 5.33. The minimum absolute atomic E-state index is 0.538. The number of rotatable bonds is 6. The fraction of sp³-hybridized carbons (Fsp3) is 0.778. The molecule has 0 aliphatic heterocycles. The first-order valence-electron chi connectivity index (χ1n) is 5.09. The Balaban J connectivity index is 1.71. The summed E-state index contributed by atoms with van der Waals surface area (Å²) in [4.78, 5) is 0. The van der Waals surface area contributed by atoms with Crippen molar-refractivity contribution in [2.45, 2.75) is 25.8 Å². The molecule has 2 rings (SSSR count). The molecule has 14 heavy (non-hydrogen) atoms. The van der Waals surface area contributed by atoms with Gasteiger partial charge in [0.1, 0.15) is 0 Å². The maximum atomic E-state index is 5.33. The molecule has 1 aliphatic carbocycles. The monoisotopic (exact) mass is 196 g/mol. The van der Waals surface area contributed by atoms with Crippen molar-refractivity contribution in [3.05, 3.63) is 5.89 Å². The first-order valence-corrected chi connectivity index (χ1v) is 5.09. The number of hydrogen-bond acceptors (Lipinski definition) is 5. The summed E-state index contributed by atoms with van der Waals surface area (Å²) in [5.74, 6) is 1.56. The third-order valence-corrected chi connectivity index (χ3v) is 2.32. The molecular formula is C9H16N4O. The molecule has 1 fully saturated rings. The van der Waals surface area contributed by atoms with Gasteiger partial charge in [-0.3, -0.25) is 0 Å². The smallest absolute Gasteiger partial charge is 0.315 e. The Morgan fingerprint density at radius 1 is 1.43 bits per heavy atom. The van der Waals surface area contributed by atoms with Crippen molar-refractivity contribution in [3.8, 4) is 0 Å². The van der Waals surface area contributed by atoms with Gasteiger partial charge in [0.25, 0.3) is 0 Å². The van der Waals surface area contributed by atoms with Crippen molar-refractivity contribution in [1.82, 2.24) is 15.5 Å². The number of nitrogens with zero attached hydrogens (tertiary/aromatic N) is 2. The molecule has 0 radical (unpaired) electrons. The number of hydrogen-bond donors (Lipinski definition) is 2.